The molecule has 0 aliphatic carbocycles. The van der Waals surface area contributed by atoms with E-state index >= 15 is 8.78 Å². The molecule has 5 nitrogen and oxygen atoms in total. The number of aromatic nitrogens is 1. The maximum absolute atomic E-state index is 15.9. The first kappa shape index (κ1) is 21.5. The molecular weight excluding hydrogens is 396 g/mol. The summed E-state index contributed by atoms with van der Waals surface area (Å²) in [4.78, 5) is 8.39. The zero-order chi connectivity index (χ0) is 21.2. The highest BCUT2D eigenvalue weighted by atomic mass is 32.2. The van der Waals surface area contributed by atoms with Crippen LogP contribution < -0.4 is 10.5 Å². The first-order valence-electron chi connectivity index (χ1n) is 9.22. The number of hydrogen-bond acceptors (Lipinski definition) is 6. The number of alkyl halides is 1. The van der Waals surface area contributed by atoms with Crippen LogP contribution in [0, 0.1) is 0 Å². The van der Waals surface area contributed by atoms with E-state index in [1.807, 2.05) is 6.92 Å². The van der Waals surface area contributed by atoms with E-state index < -0.39 is 17.0 Å². The lowest BCUT2D eigenvalue weighted by molar-refractivity contribution is -0.0894. The molecule has 0 bridgehead atoms. The number of nitrogens with zero attached hydrogens (tertiary/aromatic N) is 2. The van der Waals surface area contributed by atoms with Gasteiger partial charge in [-0.15, -0.1) is 0 Å². The number of pyridine rings is 1. The van der Waals surface area contributed by atoms with Gasteiger partial charge in [0.15, 0.2) is 10.8 Å². The molecule has 3 atom stereocenters. The van der Waals surface area contributed by atoms with Crippen LogP contribution in [-0.4, -0.2) is 46.9 Å². The Kier molecular flexibility index (Phi) is 6.14. The largest absolute Gasteiger partial charge is 0.495 e. The fourth-order valence-electron chi connectivity index (χ4n) is 3.56. The highest BCUT2D eigenvalue weighted by Gasteiger charge is 2.60. The number of ether oxygens (including phenoxy) is 2. The van der Waals surface area contributed by atoms with Crippen molar-refractivity contribution in [2.75, 3.05) is 19.5 Å². The average molecular weight is 422 g/mol. The molecule has 2 aliphatic rings. The van der Waals surface area contributed by atoms with Gasteiger partial charge < -0.3 is 15.2 Å². The predicted octanol–water partition coefficient (Wildman–Crippen LogP) is 4.22. The van der Waals surface area contributed by atoms with Crippen LogP contribution in [0.5, 0.6) is 5.75 Å². The molecule has 1 saturated heterocycles. The topological polar surface area (TPSA) is 69.7 Å². The van der Waals surface area contributed by atoms with Crippen molar-refractivity contribution in [3.63, 3.8) is 0 Å². The molecular formula is C21H25F2N3O2S. The van der Waals surface area contributed by atoms with Crippen molar-refractivity contribution in [1.82, 2.24) is 4.98 Å². The average Bonchev–Trinajstić information content (AvgIpc) is 2.71. The van der Waals surface area contributed by atoms with Crippen molar-refractivity contribution in [2.45, 2.75) is 37.6 Å². The second kappa shape index (κ2) is 8.28. The summed E-state index contributed by atoms with van der Waals surface area (Å²) in [5.41, 5.74) is 4.00. The van der Waals surface area contributed by atoms with Gasteiger partial charge in [0.05, 0.1) is 26.0 Å². The van der Waals surface area contributed by atoms with Crippen LogP contribution in [0.25, 0.3) is 5.57 Å². The van der Waals surface area contributed by atoms with Gasteiger partial charge in [-0.05, 0) is 37.1 Å². The van der Waals surface area contributed by atoms with E-state index in [0.717, 1.165) is 22.9 Å². The molecule has 0 unspecified atom stereocenters. The maximum atomic E-state index is 15.9. The number of aliphatic imine (C=N–C) groups is 1. The molecule has 2 aliphatic heterocycles. The van der Waals surface area contributed by atoms with E-state index in [1.165, 1.54) is 6.08 Å². The third-order valence-corrected chi connectivity index (χ3v) is 6.34. The zero-order valence-electron chi connectivity index (χ0n) is 16.7. The molecule has 0 radical (unpaired) electrons. The Balaban J connectivity index is 1.92. The Morgan fingerprint density at radius 3 is 2.93 bits per heavy atom. The fourth-order valence-corrected chi connectivity index (χ4v) is 4.51. The molecule has 8 heteroatoms. The summed E-state index contributed by atoms with van der Waals surface area (Å²) in [5, 5.41) is 0.208. The molecule has 156 valence electrons. The van der Waals surface area contributed by atoms with Gasteiger partial charge in [-0.25, -0.2) is 13.8 Å². The predicted molar refractivity (Wildman–Crippen MR) is 113 cm³/mol. The number of nitrogens with two attached hydrogens (primary N) is 1. The Labute approximate surface area is 173 Å². The van der Waals surface area contributed by atoms with Crippen LogP contribution in [0.4, 0.5) is 8.78 Å². The van der Waals surface area contributed by atoms with Gasteiger partial charge in [0.1, 0.15) is 17.1 Å². The van der Waals surface area contributed by atoms with Crippen LogP contribution in [-0.2, 0) is 4.74 Å². The quantitative estimate of drug-likeness (QED) is 0.721. The highest BCUT2D eigenvalue weighted by molar-refractivity contribution is 8.13. The number of halogens is 2. The van der Waals surface area contributed by atoms with Gasteiger partial charge in [0.2, 0.25) is 0 Å². The summed E-state index contributed by atoms with van der Waals surface area (Å²) in [6, 6.07) is 1.80. The van der Waals surface area contributed by atoms with Crippen molar-refractivity contribution in [1.29, 1.82) is 0 Å². The molecule has 29 heavy (non-hydrogen) atoms. The second-order valence-corrected chi connectivity index (χ2v) is 8.34. The fraction of sp³-hybridized carbons (Fsp3) is 0.429. The molecule has 0 amide bonds. The lowest BCUT2D eigenvalue weighted by Gasteiger charge is -2.50. The van der Waals surface area contributed by atoms with E-state index in [4.69, 9.17) is 15.2 Å². The first-order chi connectivity index (χ1) is 13.7. The smallest absolute Gasteiger partial charge is 0.155 e. The monoisotopic (exact) mass is 421 g/mol. The third kappa shape index (κ3) is 4.09. The summed E-state index contributed by atoms with van der Waals surface area (Å²) in [5.74, 6) is 0.0270. The van der Waals surface area contributed by atoms with Crippen molar-refractivity contribution in [3.8, 4) is 5.75 Å². The van der Waals surface area contributed by atoms with Gasteiger partial charge in [-0.1, -0.05) is 24.4 Å². The number of amidine groups is 1. The standard InChI is InChI=1S/C21H25F2N3O2S/c1-13(16-7-17(27-4)10-25-9-16)5-6-18(22)15(3)21-11-28-14(2)8-20(21,23)12-29-19(24)26-21/h5-7,9-10,14H,3,8,11-12H2,1-2,4H3,(H2,24,26)/b13-5+,18-6+/t14-,20+,21+/m0/s1. The van der Waals surface area contributed by atoms with Crippen LogP contribution in [0.3, 0.4) is 0 Å². The van der Waals surface area contributed by atoms with Crippen molar-refractivity contribution >= 4 is 22.5 Å². The van der Waals surface area contributed by atoms with Crippen molar-refractivity contribution in [2.24, 2.45) is 10.7 Å². The minimum atomic E-state index is -1.78. The molecule has 3 rings (SSSR count). The summed E-state index contributed by atoms with van der Waals surface area (Å²) in [6.45, 7) is 7.35. The van der Waals surface area contributed by atoms with Gasteiger partial charge >= 0.3 is 0 Å². The molecule has 0 aromatic carbocycles. The summed E-state index contributed by atoms with van der Waals surface area (Å²) in [6.07, 6.45) is 5.91. The molecule has 1 aromatic rings. The maximum Gasteiger partial charge on any atom is 0.155 e. The van der Waals surface area contributed by atoms with E-state index in [2.05, 4.69) is 16.6 Å². The summed E-state index contributed by atoms with van der Waals surface area (Å²) in [7, 11) is 1.55. The number of hydrogen-bond donors (Lipinski definition) is 1. The second-order valence-electron chi connectivity index (χ2n) is 7.35. The molecule has 0 spiro atoms. The zero-order valence-corrected chi connectivity index (χ0v) is 17.6. The van der Waals surface area contributed by atoms with Gasteiger partial charge in [0.25, 0.3) is 0 Å². The van der Waals surface area contributed by atoms with E-state index in [0.29, 0.717) is 5.75 Å². The van der Waals surface area contributed by atoms with Crippen LogP contribution in [0.1, 0.15) is 25.8 Å². The third-order valence-electron chi connectivity index (χ3n) is 5.35. The number of allylic oxidation sites excluding steroid dienone is 3. The highest BCUT2D eigenvalue weighted by Crippen LogP contribution is 2.50. The normalized spacial score (nSPS) is 30.4. The number of thioether (sulfide) groups is 1. The Hall–Kier alpha value is -2.19. The SMILES string of the molecule is C=C(/C(F)=C\C=C(/C)c1cncc(OC)c1)[C@]12CO[C@@H](C)C[C@@]1(F)CSC(N)=N2. The lowest BCUT2D eigenvalue weighted by Crippen LogP contribution is -2.63. The minimum Gasteiger partial charge on any atom is -0.495 e. The number of methoxy groups -OCH3 is 1. The molecule has 2 N–H and O–H groups in total. The Bertz CT molecular complexity index is 902. The van der Waals surface area contributed by atoms with E-state index in [1.54, 1.807) is 38.6 Å². The Morgan fingerprint density at radius 1 is 1.45 bits per heavy atom. The van der Waals surface area contributed by atoms with Crippen LogP contribution in [0.15, 0.2) is 53.6 Å². The van der Waals surface area contributed by atoms with Crippen molar-refractivity contribution < 1.29 is 18.3 Å². The van der Waals surface area contributed by atoms with E-state index in [9.17, 15) is 0 Å². The van der Waals surface area contributed by atoms with Gasteiger partial charge in [-0.3, -0.25) is 4.98 Å². The van der Waals surface area contributed by atoms with E-state index in [-0.39, 0.29) is 35.6 Å². The molecule has 0 saturated carbocycles. The van der Waals surface area contributed by atoms with Crippen molar-refractivity contribution in [3.05, 3.63) is 54.2 Å². The molecule has 3 heterocycles. The lowest BCUT2D eigenvalue weighted by atomic mass is 9.72. The molecule has 1 fully saturated rings. The van der Waals surface area contributed by atoms with Gasteiger partial charge in [-0.2, -0.15) is 0 Å². The summed E-state index contributed by atoms with van der Waals surface area (Å²) >= 11 is 1.13. The minimum absolute atomic E-state index is 0.0667. The Morgan fingerprint density at radius 2 is 2.21 bits per heavy atom. The summed E-state index contributed by atoms with van der Waals surface area (Å²) < 4.78 is 41.8. The number of fused-ring (bicyclic) bond motifs is 1. The number of rotatable bonds is 5. The molecule has 1 aromatic heterocycles. The van der Waals surface area contributed by atoms with Crippen LogP contribution >= 0.6 is 11.8 Å². The van der Waals surface area contributed by atoms with Crippen LogP contribution in [0.2, 0.25) is 0 Å². The first-order valence-corrected chi connectivity index (χ1v) is 10.2. The van der Waals surface area contributed by atoms with Gasteiger partial charge in [0, 0.05) is 23.9 Å².